The second-order valence-corrected chi connectivity index (χ2v) is 7.26. The normalized spacial score (nSPS) is 10.5. The fourth-order valence-corrected chi connectivity index (χ4v) is 3.77. The summed E-state index contributed by atoms with van der Waals surface area (Å²) in [6, 6.07) is 16.9. The van der Waals surface area contributed by atoms with E-state index in [4.69, 9.17) is 10.00 Å². The lowest BCUT2D eigenvalue weighted by Crippen LogP contribution is -2.20. The van der Waals surface area contributed by atoms with Crippen LogP contribution in [0.4, 0.5) is 5.69 Å². The SMILES string of the molecule is Cc1ccc(-c2csc3ncnc(OCC(=O)Nc4ccc(C#N)cc4)c23)cc1. The lowest BCUT2D eigenvalue weighted by Gasteiger charge is -2.09. The number of rotatable bonds is 5. The van der Waals surface area contributed by atoms with Gasteiger partial charge < -0.3 is 10.1 Å². The number of aryl methyl sites for hydroxylation is 1. The minimum atomic E-state index is -0.311. The number of carbonyl (C=O) groups is 1. The van der Waals surface area contributed by atoms with Gasteiger partial charge in [-0.3, -0.25) is 4.79 Å². The molecule has 0 fully saturated rings. The second-order valence-electron chi connectivity index (χ2n) is 6.40. The van der Waals surface area contributed by atoms with Crippen molar-refractivity contribution in [2.24, 2.45) is 0 Å². The largest absolute Gasteiger partial charge is 0.467 e. The minimum absolute atomic E-state index is 0.185. The van der Waals surface area contributed by atoms with Crippen molar-refractivity contribution >= 4 is 33.1 Å². The van der Waals surface area contributed by atoms with Gasteiger partial charge in [0.25, 0.3) is 5.91 Å². The van der Waals surface area contributed by atoms with Gasteiger partial charge in [-0.15, -0.1) is 11.3 Å². The zero-order valence-corrected chi connectivity index (χ0v) is 16.4. The predicted octanol–water partition coefficient (Wildman–Crippen LogP) is 4.56. The van der Waals surface area contributed by atoms with Gasteiger partial charge in [0.1, 0.15) is 11.2 Å². The van der Waals surface area contributed by atoms with Crippen molar-refractivity contribution in [3.63, 3.8) is 0 Å². The number of amides is 1. The molecule has 7 heteroatoms. The monoisotopic (exact) mass is 400 g/mol. The van der Waals surface area contributed by atoms with Crippen molar-refractivity contribution in [2.45, 2.75) is 6.92 Å². The van der Waals surface area contributed by atoms with E-state index in [9.17, 15) is 4.79 Å². The Kier molecular flexibility index (Phi) is 5.18. The first-order valence-electron chi connectivity index (χ1n) is 8.86. The molecule has 4 rings (SSSR count). The van der Waals surface area contributed by atoms with Crippen LogP contribution in [0, 0.1) is 18.3 Å². The number of anilines is 1. The Balaban J connectivity index is 1.53. The maximum atomic E-state index is 12.3. The molecule has 2 aromatic carbocycles. The fraction of sp³-hybridized carbons (Fsp3) is 0.0909. The van der Waals surface area contributed by atoms with E-state index in [1.54, 1.807) is 24.3 Å². The van der Waals surface area contributed by atoms with Gasteiger partial charge in [0.2, 0.25) is 5.88 Å². The zero-order valence-electron chi connectivity index (χ0n) is 15.5. The smallest absolute Gasteiger partial charge is 0.262 e. The molecule has 4 aromatic rings. The molecule has 142 valence electrons. The second kappa shape index (κ2) is 8.09. The molecule has 0 aliphatic rings. The molecule has 0 spiro atoms. The summed E-state index contributed by atoms with van der Waals surface area (Å²) in [5, 5.41) is 14.4. The number of nitriles is 1. The van der Waals surface area contributed by atoms with Gasteiger partial charge in [0.05, 0.1) is 17.0 Å². The number of thiophene rings is 1. The number of benzene rings is 2. The Bertz CT molecular complexity index is 1210. The molecule has 1 N–H and O–H groups in total. The Morgan fingerprint density at radius 3 is 2.62 bits per heavy atom. The van der Waals surface area contributed by atoms with Gasteiger partial charge in [-0.05, 0) is 36.8 Å². The molecule has 6 nitrogen and oxygen atoms in total. The van der Waals surface area contributed by atoms with Crippen LogP contribution < -0.4 is 10.1 Å². The number of aromatic nitrogens is 2. The molecule has 0 saturated heterocycles. The van der Waals surface area contributed by atoms with E-state index in [1.807, 2.05) is 42.6 Å². The molecule has 0 saturated carbocycles. The molecule has 0 aliphatic carbocycles. The van der Waals surface area contributed by atoms with E-state index >= 15 is 0 Å². The number of hydrogen-bond acceptors (Lipinski definition) is 6. The summed E-state index contributed by atoms with van der Waals surface area (Å²) in [5.74, 6) is 0.0652. The molecular weight excluding hydrogens is 384 g/mol. The quantitative estimate of drug-likeness (QED) is 0.531. The predicted molar refractivity (Wildman–Crippen MR) is 113 cm³/mol. The maximum absolute atomic E-state index is 12.3. The standard InChI is InChI=1S/C22H16N4O2S/c1-14-2-6-16(7-3-14)18-12-29-22-20(18)21(24-13-25-22)28-11-19(27)26-17-8-4-15(10-23)5-9-17/h2-9,12-13H,11H2,1H3,(H,26,27). The van der Waals surface area contributed by atoms with Gasteiger partial charge in [-0.2, -0.15) is 5.26 Å². The van der Waals surface area contributed by atoms with Crippen molar-refractivity contribution in [3.05, 3.63) is 71.4 Å². The molecule has 1 amide bonds. The van der Waals surface area contributed by atoms with Gasteiger partial charge in [0.15, 0.2) is 6.61 Å². The van der Waals surface area contributed by atoms with Crippen LogP contribution in [0.2, 0.25) is 0 Å². The summed E-state index contributed by atoms with van der Waals surface area (Å²) in [6.45, 7) is 1.86. The number of fused-ring (bicyclic) bond motifs is 1. The Morgan fingerprint density at radius 1 is 1.14 bits per heavy atom. The van der Waals surface area contributed by atoms with Crippen molar-refractivity contribution in [2.75, 3.05) is 11.9 Å². The van der Waals surface area contributed by atoms with Crippen molar-refractivity contribution < 1.29 is 9.53 Å². The molecule has 0 atom stereocenters. The summed E-state index contributed by atoms with van der Waals surface area (Å²) in [6.07, 6.45) is 1.44. The van der Waals surface area contributed by atoms with Crippen LogP contribution in [0.25, 0.3) is 21.3 Å². The molecule has 0 bridgehead atoms. The number of nitrogens with zero attached hydrogens (tertiary/aromatic N) is 3. The van der Waals surface area contributed by atoms with Crippen LogP contribution in [-0.2, 0) is 4.79 Å². The Hall–Kier alpha value is -3.76. The highest BCUT2D eigenvalue weighted by Gasteiger charge is 2.15. The van der Waals surface area contributed by atoms with Crippen molar-refractivity contribution in [1.29, 1.82) is 5.26 Å². The number of carbonyl (C=O) groups excluding carboxylic acids is 1. The van der Waals surface area contributed by atoms with Crippen LogP contribution in [0.5, 0.6) is 5.88 Å². The number of hydrogen-bond donors (Lipinski definition) is 1. The summed E-state index contributed by atoms with van der Waals surface area (Å²) >= 11 is 1.51. The summed E-state index contributed by atoms with van der Waals surface area (Å²) in [4.78, 5) is 21.6. The number of nitrogens with one attached hydrogen (secondary N) is 1. The fourth-order valence-electron chi connectivity index (χ4n) is 2.86. The van der Waals surface area contributed by atoms with Gasteiger partial charge in [0, 0.05) is 16.6 Å². The van der Waals surface area contributed by atoms with E-state index in [2.05, 4.69) is 15.3 Å². The van der Waals surface area contributed by atoms with Crippen LogP contribution in [0.3, 0.4) is 0 Å². The minimum Gasteiger partial charge on any atom is -0.467 e. The molecule has 0 aliphatic heterocycles. The summed E-state index contributed by atoms with van der Waals surface area (Å²) in [7, 11) is 0. The molecule has 29 heavy (non-hydrogen) atoms. The van der Waals surface area contributed by atoms with Crippen molar-refractivity contribution in [3.8, 4) is 23.1 Å². The third-order valence-corrected chi connectivity index (χ3v) is 5.22. The third kappa shape index (κ3) is 4.08. The van der Waals surface area contributed by atoms with Crippen LogP contribution in [-0.4, -0.2) is 22.5 Å². The Labute approximate surface area is 171 Å². The van der Waals surface area contributed by atoms with Crippen LogP contribution >= 0.6 is 11.3 Å². The van der Waals surface area contributed by atoms with E-state index < -0.39 is 0 Å². The van der Waals surface area contributed by atoms with Crippen LogP contribution in [0.15, 0.2) is 60.2 Å². The molecular formula is C22H16N4O2S. The van der Waals surface area contributed by atoms with E-state index in [-0.39, 0.29) is 12.5 Å². The van der Waals surface area contributed by atoms with Crippen LogP contribution in [0.1, 0.15) is 11.1 Å². The molecule has 2 aromatic heterocycles. The highest BCUT2D eigenvalue weighted by Crippen LogP contribution is 2.37. The van der Waals surface area contributed by atoms with E-state index in [1.165, 1.54) is 23.2 Å². The van der Waals surface area contributed by atoms with Gasteiger partial charge in [-0.1, -0.05) is 29.8 Å². The first kappa shape index (κ1) is 18.6. The first-order valence-corrected chi connectivity index (χ1v) is 9.74. The number of ether oxygens (including phenoxy) is 1. The van der Waals surface area contributed by atoms with Gasteiger partial charge in [-0.25, -0.2) is 9.97 Å². The average molecular weight is 400 g/mol. The van der Waals surface area contributed by atoms with E-state index in [0.717, 1.165) is 21.3 Å². The lowest BCUT2D eigenvalue weighted by molar-refractivity contribution is -0.118. The summed E-state index contributed by atoms with van der Waals surface area (Å²) < 4.78 is 5.73. The third-order valence-electron chi connectivity index (χ3n) is 4.34. The maximum Gasteiger partial charge on any atom is 0.262 e. The topological polar surface area (TPSA) is 87.9 Å². The Morgan fingerprint density at radius 2 is 1.90 bits per heavy atom. The first-order chi connectivity index (χ1) is 14.1. The van der Waals surface area contributed by atoms with E-state index in [0.29, 0.717) is 17.1 Å². The average Bonchev–Trinajstić information content (AvgIpc) is 3.18. The van der Waals surface area contributed by atoms with Crippen molar-refractivity contribution in [1.82, 2.24) is 9.97 Å². The molecule has 2 heterocycles. The molecule has 0 radical (unpaired) electrons. The zero-order chi connectivity index (χ0) is 20.2. The highest BCUT2D eigenvalue weighted by atomic mass is 32.1. The summed E-state index contributed by atoms with van der Waals surface area (Å²) in [5.41, 5.74) is 4.34. The molecule has 0 unspecified atom stereocenters. The highest BCUT2D eigenvalue weighted by molar-refractivity contribution is 7.17. The van der Waals surface area contributed by atoms with Gasteiger partial charge >= 0.3 is 0 Å². The lowest BCUT2D eigenvalue weighted by atomic mass is 10.0.